The number of para-hydroxylation sites is 1. The summed E-state index contributed by atoms with van der Waals surface area (Å²) >= 11 is 0. The fraction of sp³-hybridized carbons (Fsp3) is 0.435. The second-order valence-corrected chi connectivity index (χ2v) is 9.87. The Morgan fingerprint density at radius 3 is 2.48 bits per heavy atom. The van der Waals surface area contributed by atoms with Crippen LogP contribution >= 0.6 is 0 Å². The van der Waals surface area contributed by atoms with Gasteiger partial charge in [-0.3, -0.25) is 9.69 Å². The van der Waals surface area contributed by atoms with Crippen LogP contribution in [-0.4, -0.2) is 88.5 Å². The average molecular weight is 476 g/mol. The van der Waals surface area contributed by atoms with Crippen LogP contribution in [-0.2, 0) is 21.4 Å². The van der Waals surface area contributed by atoms with Gasteiger partial charge in [-0.15, -0.1) is 0 Å². The number of amides is 1. The zero-order valence-electron chi connectivity index (χ0n) is 18.9. The van der Waals surface area contributed by atoms with Crippen LogP contribution in [0.5, 0.6) is 17.2 Å². The van der Waals surface area contributed by atoms with Crippen LogP contribution in [0, 0.1) is 0 Å². The largest absolute Gasteiger partial charge is 0.497 e. The molecular formula is C23H29N3O6S. The Labute approximate surface area is 194 Å². The summed E-state index contributed by atoms with van der Waals surface area (Å²) in [6.45, 7) is 3.22. The summed E-state index contributed by atoms with van der Waals surface area (Å²) < 4.78 is 44.1. The summed E-state index contributed by atoms with van der Waals surface area (Å²) in [6, 6.07) is 12.5. The van der Waals surface area contributed by atoms with Gasteiger partial charge in [0.15, 0.2) is 0 Å². The zero-order valence-corrected chi connectivity index (χ0v) is 19.7. The third kappa shape index (κ3) is 5.07. The van der Waals surface area contributed by atoms with Gasteiger partial charge < -0.3 is 19.1 Å². The van der Waals surface area contributed by atoms with Gasteiger partial charge in [0.05, 0.1) is 20.8 Å². The maximum absolute atomic E-state index is 13.2. The molecule has 0 radical (unpaired) electrons. The first kappa shape index (κ1) is 23.3. The van der Waals surface area contributed by atoms with Crippen molar-refractivity contribution in [2.24, 2.45) is 0 Å². The molecule has 2 aliphatic heterocycles. The Kier molecular flexibility index (Phi) is 7.06. The molecule has 0 N–H and O–H groups in total. The molecule has 0 atom stereocenters. The van der Waals surface area contributed by atoms with Crippen LogP contribution < -0.4 is 14.2 Å². The topological polar surface area (TPSA) is 88.6 Å². The Hall–Kier alpha value is -2.82. The van der Waals surface area contributed by atoms with Gasteiger partial charge in [0, 0.05) is 50.9 Å². The van der Waals surface area contributed by atoms with E-state index in [1.807, 2.05) is 24.3 Å². The SMILES string of the molecule is COc1ccc(OC)c(S(=O)(=O)N2CCN(C(=O)CN3CCOc4ccccc4C3)CC2)c1. The van der Waals surface area contributed by atoms with Gasteiger partial charge >= 0.3 is 0 Å². The van der Waals surface area contributed by atoms with E-state index >= 15 is 0 Å². The number of ether oxygens (including phenoxy) is 3. The maximum Gasteiger partial charge on any atom is 0.247 e. The Balaban J connectivity index is 1.38. The normalized spacial score (nSPS) is 17.6. The van der Waals surface area contributed by atoms with Crippen molar-refractivity contribution in [3.05, 3.63) is 48.0 Å². The van der Waals surface area contributed by atoms with Crippen molar-refractivity contribution in [2.75, 3.05) is 60.1 Å². The van der Waals surface area contributed by atoms with Crippen molar-refractivity contribution in [3.8, 4) is 17.2 Å². The standard InChI is InChI=1S/C23H29N3O6S/c1-30-19-7-8-21(31-2)22(15-19)33(28,29)26-11-9-25(10-12-26)23(27)17-24-13-14-32-20-6-4-3-5-18(20)16-24/h3-8,15H,9-14,16-17H2,1-2H3. The quantitative estimate of drug-likeness (QED) is 0.625. The minimum atomic E-state index is -3.79. The lowest BCUT2D eigenvalue weighted by Crippen LogP contribution is -2.52. The number of nitrogens with zero attached hydrogens (tertiary/aromatic N) is 3. The van der Waals surface area contributed by atoms with Crippen LogP contribution in [0.2, 0.25) is 0 Å². The maximum atomic E-state index is 13.2. The predicted molar refractivity (Wildman–Crippen MR) is 122 cm³/mol. The van der Waals surface area contributed by atoms with E-state index < -0.39 is 10.0 Å². The van der Waals surface area contributed by atoms with E-state index in [2.05, 4.69) is 4.90 Å². The number of carbonyl (C=O) groups is 1. The van der Waals surface area contributed by atoms with Gasteiger partial charge in [-0.1, -0.05) is 18.2 Å². The number of methoxy groups -OCH3 is 2. The number of benzene rings is 2. The van der Waals surface area contributed by atoms with Crippen LogP contribution in [0.25, 0.3) is 0 Å². The number of fused-ring (bicyclic) bond motifs is 1. The van der Waals surface area contributed by atoms with Gasteiger partial charge in [-0.2, -0.15) is 4.31 Å². The first-order chi connectivity index (χ1) is 15.9. The van der Waals surface area contributed by atoms with E-state index in [1.165, 1.54) is 24.6 Å². The molecule has 0 saturated carbocycles. The Morgan fingerprint density at radius 1 is 1.00 bits per heavy atom. The van der Waals surface area contributed by atoms with E-state index in [4.69, 9.17) is 14.2 Å². The lowest BCUT2D eigenvalue weighted by atomic mass is 10.2. The highest BCUT2D eigenvalue weighted by atomic mass is 32.2. The zero-order chi connectivity index (χ0) is 23.4. The van der Waals surface area contributed by atoms with Crippen LogP contribution in [0.1, 0.15) is 5.56 Å². The molecule has 0 aliphatic carbocycles. The number of piperazine rings is 1. The third-order valence-electron chi connectivity index (χ3n) is 5.97. The second kappa shape index (κ2) is 9.98. The molecule has 0 aromatic heterocycles. The van der Waals surface area contributed by atoms with Crippen molar-refractivity contribution in [1.82, 2.24) is 14.1 Å². The summed E-state index contributed by atoms with van der Waals surface area (Å²) in [5.74, 6) is 1.55. The van der Waals surface area contributed by atoms with Gasteiger partial charge in [-0.25, -0.2) is 8.42 Å². The molecule has 2 aromatic carbocycles. The lowest BCUT2D eigenvalue weighted by Gasteiger charge is -2.35. The number of carbonyl (C=O) groups excluding carboxylic acids is 1. The molecule has 2 heterocycles. The van der Waals surface area contributed by atoms with E-state index in [0.717, 1.165) is 11.3 Å². The first-order valence-corrected chi connectivity index (χ1v) is 12.3. The highest BCUT2D eigenvalue weighted by Crippen LogP contribution is 2.31. The molecule has 10 heteroatoms. The summed E-state index contributed by atoms with van der Waals surface area (Å²) in [7, 11) is -0.871. The molecule has 2 aliphatic rings. The van der Waals surface area contributed by atoms with Gasteiger partial charge in [0.1, 0.15) is 28.8 Å². The highest BCUT2D eigenvalue weighted by molar-refractivity contribution is 7.89. The first-order valence-electron chi connectivity index (χ1n) is 10.9. The van der Waals surface area contributed by atoms with E-state index in [1.54, 1.807) is 17.0 Å². The summed E-state index contributed by atoms with van der Waals surface area (Å²) in [4.78, 5) is 16.8. The minimum absolute atomic E-state index is 0.00890. The van der Waals surface area contributed by atoms with Gasteiger partial charge in [0.25, 0.3) is 0 Å². The number of sulfonamides is 1. The van der Waals surface area contributed by atoms with Crippen LogP contribution in [0.15, 0.2) is 47.4 Å². The van der Waals surface area contributed by atoms with Crippen molar-refractivity contribution in [2.45, 2.75) is 11.4 Å². The van der Waals surface area contributed by atoms with Gasteiger partial charge in [-0.05, 0) is 18.2 Å². The Morgan fingerprint density at radius 2 is 1.76 bits per heavy atom. The molecule has 2 aromatic rings. The van der Waals surface area contributed by atoms with E-state index in [-0.39, 0.29) is 36.2 Å². The predicted octanol–water partition coefficient (Wildman–Crippen LogP) is 1.43. The number of rotatable bonds is 6. The molecule has 0 unspecified atom stereocenters. The van der Waals surface area contributed by atoms with E-state index in [9.17, 15) is 13.2 Å². The average Bonchev–Trinajstić information content (AvgIpc) is 3.05. The van der Waals surface area contributed by atoms with Gasteiger partial charge in [0.2, 0.25) is 15.9 Å². The van der Waals surface area contributed by atoms with Crippen molar-refractivity contribution >= 4 is 15.9 Å². The lowest BCUT2D eigenvalue weighted by molar-refractivity contribution is -0.133. The highest BCUT2D eigenvalue weighted by Gasteiger charge is 2.33. The van der Waals surface area contributed by atoms with Crippen molar-refractivity contribution < 1.29 is 27.4 Å². The van der Waals surface area contributed by atoms with Crippen molar-refractivity contribution in [3.63, 3.8) is 0 Å². The molecule has 4 rings (SSSR count). The third-order valence-corrected chi connectivity index (χ3v) is 7.89. The van der Waals surface area contributed by atoms with Crippen LogP contribution in [0.3, 0.4) is 0 Å². The Bertz CT molecular complexity index is 1100. The molecule has 33 heavy (non-hydrogen) atoms. The summed E-state index contributed by atoms with van der Waals surface area (Å²) in [6.07, 6.45) is 0. The molecule has 178 valence electrons. The van der Waals surface area contributed by atoms with E-state index in [0.29, 0.717) is 38.5 Å². The second-order valence-electron chi connectivity index (χ2n) is 7.97. The molecule has 0 spiro atoms. The molecule has 0 bridgehead atoms. The number of hydrogen-bond acceptors (Lipinski definition) is 7. The van der Waals surface area contributed by atoms with Crippen molar-refractivity contribution in [1.29, 1.82) is 0 Å². The smallest absolute Gasteiger partial charge is 0.247 e. The van der Waals surface area contributed by atoms with Crippen LogP contribution in [0.4, 0.5) is 0 Å². The number of hydrogen-bond donors (Lipinski definition) is 0. The monoisotopic (exact) mass is 475 g/mol. The molecule has 1 saturated heterocycles. The fourth-order valence-corrected chi connectivity index (χ4v) is 5.70. The molecular weight excluding hydrogens is 446 g/mol. The minimum Gasteiger partial charge on any atom is -0.497 e. The molecule has 9 nitrogen and oxygen atoms in total. The summed E-state index contributed by atoms with van der Waals surface area (Å²) in [5, 5.41) is 0. The molecule has 1 fully saturated rings. The molecule has 1 amide bonds. The summed E-state index contributed by atoms with van der Waals surface area (Å²) in [5.41, 5.74) is 1.06. The fourth-order valence-electron chi connectivity index (χ4n) is 4.11.